The molecule has 0 unspecified atom stereocenters. The van der Waals surface area contributed by atoms with Gasteiger partial charge in [-0.25, -0.2) is 0 Å². The minimum atomic E-state index is 0.226. The Hall–Kier alpha value is -2.06. The molecule has 1 N–H and O–H groups in total. The van der Waals surface area contributed by atoms with E-state index in [1.165, 1.54) is 5.56 Å². The first-order valence-electron chi connectivity index (χ1n) is 6.81. The third kappa shape index (κ3) is 3.72. The highest BCUT2D eigenvalue weighted by Gasteiger charge is 2.08. The lowest BCUT2D eigenvalue weighted by Gasteiger charge is -2.17. The summed E-state index contributed by atoms with van der Waals surface area (Å²) >= 11 is 0. The summed E-state index contributed by atoms with van der Waals surface area (Å²) in [5.74, 6) is 0.867. The van der Waals surface area contributed by atoms with E-state index in [2.05, 4.69) is 43.1 Å². The lowest BCUT2D eigenvalue weighted by atomic mass is 10.0. The molecular formula is C18H21NO. The van der Waals surface area contributed by atoms with Crippen molar-refractivity contribution in [2.75, 3.05) is 7.11 Å². The quantitative estimate of drug-likeness (QED) is 0.857. The van der Waals surface area contributed by atoms with Crippen LogP contribution in [0.2, 0.25) is 0 Å². The molecule has 0 aliphatic carbocycles. The van der Waals surface area contributed by atoms with Gasteiger partial charge >= 0.3 is 0 Å². The Morgan fingerprint density at radius 2 is 1.75 bits per heavy atom. The van der Waals surface area contributed by atoms with Crippen molar-refractivity contribution in [2.45, 2.75) is 19.5 Å². The van der Waals surface area contributed by atoms with Crippen molar-refractivity contribution in [3.63, 3.8) is 0 Å². The number of ether oxygens (including phenoxy) is 1. The van der Waals surface area contributed by atoms with Crippen molar-refractivity contribution >= 4 is 5.57 Å². The lowest BCUT2D eigenvalue weighted by Crippen LogP contribution is -2.26. The number of methoxy groups -OCH3 is 1. The Labute approximate surface area is 121 Å². The number of hydrogen-bond donors (Lipinski definition) is 1. The summed E-state index contributed by atoms with van der Waals surface area (Å²) in [6.07, 6.45) is 0. The first kappa shape index (κ1) is 14.4. The molecular weight excluding hydrogens is 246 g/mol. The Kier molecular flexibility index (Phi) is 4.97. The van der Waals surface area contributed by atoms with Crippen LogP contribution in [0, 0.1) is 0 Å². The summed E-state index contributed by atoms with van der Waals surface area (Å²) in [6.45, 7) is 7.17. The summed E-state index contributed by atoms with van der Waals surface area (Å²) in [7, 11) is 1.67. The molecule has 1 atom stereocenters. The molecule has 104 valence electrons. The smallest absolute Gasteiger partial charge is 0.118 e. The second-order valence-corrected chi connectivity index (χ2v) is 4.84. The van der Waals surface area contributed by atoms with Gasteiger partial charge in [-0.1, -0.05) is 49.0 Å². The molecule has 2 aromatic rings. The first-order chi connectivity index (χ1) is 9.70. The SMILES string of the molecule is C=C(c1ccc(OC)cc1)[C@@H](C)NCc1ccccc1. The zero-order valence-electron chi connectivity index (χ0n) is 12.1. The first-order valence-corrected chi connectivity index (χ1v) is 6.81. The van der Waals surface area contributed by atoms with Gasteiger partial charge in [-0.15, -0.1) is 0 Å². The normalized spacial score (nSPS) is 11.9. The maximum Gasteiger partial charge on any atom is 0.118 e. The molecule has 2 nitrogen and oxygen atoms in total. The van der Waals surface area contributed by atoms with E-state index in [1.54, 1.807) is 7.11 Å². The molecule has 0 aliphatic heterocycles. The summed E-state index contributed by atoms with van der Waals surface area (Å²) in [6, 6.07) is 18.6. The fraction of sp³-hybridized carbons (Fsp3) is 0.222. The van der Waals surface area contributed by atoms with Gasteiger partial charge in [0.05, 0.1) is 7.11 Å². The van der Waals surface area contributed by atoms with Gasteiger partial charge in [0, 0.05) is 12.6 Å². The van der Waals surface area contributed by atoms with Crippen LogP contribution in [0.25, 0.3) is 5.57 Å². The van der Waals surface area contributed by atoms with Crippen LogP contribution in [0.15, 0.2) is 61.2 Å². The van der Waals surface area contributed by atoms with E-state index in [-0.39, 0.29) is 6.04 Å². The van der Waals surface area contributed by atoms with Gasteiger partial charge in [0.15, 0.2) is 0 Å². The summed E-state index contributed by atoms with van der Waals surface area (Å²) in [5, 5.41) is 3.49. The van der Waals surface area contributed by atoms with E-state index in [0.717, 1.165) is 23.4 Å². The van der Waals surface area contributed by atoms with Crippen LogP contribution >= 0.6 is 0 Å². The molecule has 0 bridgehead atoms. The Bertz CT molecular complexity index is 545. The van der Waals surface area contributed by atoms with Gasteiger partial charge < -0.3 is 10.1 Å². The Morgan fingerprint density at radius 3 is 2.35 bits per heavy atom. The predicted molar refractivity (Wildman–Crippen MR) is 84.8 cm³/mol. The largest absolute Gasteiger partial charge is 0.497 e. The Balaban J connectivity index is 1.94. The maximum absolute atomic E-state index is 5.17. The van der Waals surface area contributed by atoms with Gasteiger partial charge in [0.25, 0.3) is 0 Å². The topological polar surface area (TPSA) is 21.3 Å². The molecule has 0 saturated heterocycles. The molecule has 2 aromatic carbocycles. The molecule has 20 heavy (non-hydrogen) atoms. The standard InChI is InChI=1S/C18H21NO/c1-14(17-9-11-18(20-3)12-10-17)15(2)19-13-16-7-5-4-6-8-16/h4-12,15,19H,1,13H2,2-3H3/t15-/m1/s1. The van der Waals surface area contributed by atoms with Gasteiger partial charge in [-0.2, -0.15) is 0 Å². The molecule has 0 saturated carbocycles. The molecule has 0 aromatic heterocycles. The van der Waals surface area contributed by atoms with Crippen LogP contribution in [-0.2, 0) is 6.54 Å². The molecule has 0 amide bonds. The van der Waals surface area contributed by atoms with Gasteiger partial charge in [-0.3, -0.25) is 0 Å². The summed E-state index contributed by atoms with van der Waals surface area (Å²) in [4.78, 5) is 0. The van der Waals surface area contributed by atoms with Crippen molar-refractivity contribution in [1.82, 2.24) is 5.32 Å². The van der Waals surface area contributed by atoms with Gasteiger partial charge in [-0.05, 0) is 35.8 Å². The highest BCUT2D eigenvalue weighted by Crippen LogP contribution is 2.20. The molecule has 2 heteroatoms. The van der Waals surface area contributed by atoms with Crippen molar-refractivity contribution in [3.8, 4) is 5.75 Å². The third-order valence-electron chi connectivity index (χ3n) is 3.44. The van der Waals surface area contributed by atoms with E-state index >= 15 is 0 Å². The van der Waals surface area contributed by atoms with E-state index in [9.17, 15) is 0 Å². The predicted octanol–water partition coefficient (Wildman–Crippen LogP) is 3.89. The van der Waals surface area contributed by atoms with Crippen molar-refractivity contribution < 1.29 is 4.74 Å². The van der Waals surface area contributed by atoms with Crippen molar-refractivity contribution in [2.24, 2.45) is 0 Å². The minimum Gasteiger partial charge on any atom is -0.497 e. The average molecular weight is 267 g/mol. The molecule has 0 spiro atoms. The van der Waals surface area contributed by atoms with Crippen LogP contribution in [0.3, 0.4) is 0 Å². The van der Waals surface area contributed by atoms with Gasteiger partial charge in [0.2, 0.25) is 0 Å². The zero-order valence-corrected chi connectivity index (χ0v) is 12.1. The molecule has 0 fully saturated rings. The second kappa shape index (κ2) is 6.92. The second-order valence-electron chi connectivity index (χ2n) is 4.84. The summed E-state index contributed by atoms with van der Waals surface area (Å²) < 4.78 is 5.17. The number of nitrogens with one attached hydrogen (secondary N) is 1. The van der Waals surface area contributed by atoms with E-state index < -0.39 is 0 Å². The van der Waals surface area contributed by atoms with Crippen LogP contribution in [-0.4, -0.2) is 13.2 Å². The number of rotatable bonds is 6. The van der Waals surface area contributed by atoms with Crippen LogP contribution in [0.4, 0.5) is 0 Å². The molecule has 0 radical (unpaired) electrons. The fourth-order valence-electron chi connectivity index (χ4n) is 2.05. The highest BCUT2D eigenvalue weighted by atomic mass is 16.5. The highest BCUT2D eigenvalue weighted by molar-refractivity contribution is 5.67. The molecule has 0 aliphatic rings. The van der Waals surface area contributed by atoms with E-state index in [1.807, 2.05) is 30.3 Å². The Morgan fingerprint density at radius 1 is 1.10 bits per heavy atom. The number of benzene rings is 2. The molecule has 2 rings (SSSR count). The van der Waals surface area contributed by atoms with Gasteiger partial charge in [0.1, 0.15) is 5.75 Å². The third-order valence-corrected chi connectivity index (χ3v) is 3.44. The minimum absolute atomic E-state index is 0.226. The fourth-order valence-corrected chi connectivity index (χ4v) is 2.05. The van der Waals surface area contributed by atoms with Crippen molar-refractivity contribution in [1.29, 1.82) is 0 Å². The summed E-state index contributed by atoms with van der Waals surface area (Å²) in [5.41, 5.74) is 3.50. The van der Waals surface area contributed by atoms with E-state index in [4.69, 9.17) is 4.74 Å². The average Bonchev–Trinajstić information content (AvgIpc) is 2.53. The zero-order chi connectivity index (χ0) is 14.4. The monoisotopic (exact) mass is 267 g/mol. The van der Waals surface area contributed by atoms with Crippen LogP contribution < -0.4 is 10.1 Å². The number of hydrogen-bond acceptors (Lipinski definition) is 2. The maximum atomic E-state index is 5.17. The van der Waals surface area contributed by atoms with Crippen LogP contribution in [0.1, 0.15) is 18.1 Å². The van der Waals surface area contributed by atoms with Crippen molar-refractivity contribution in [3.05, 3.63) is 72.3 Å². The van der Waals surface area contributed by atoms with Crippen LogP contribution in [0.5, 0.6) is 5.75 Å². The lowest BCUT2D eigenvalue weighted by molar-refractivity contribution is 0.415. The molecule has 0 heterocycles. The van der Waals surface area contributed by atoms with E-state index in [0.29, 0.717) is 0 Å².